The van der Waals surface area contributed by atoms with E-state index in [2.05, 4.69) is 0 Å². The third-order valence-electron chi connectivity index (χ3n) is 3.53. The number of hydrogen-bond donors (Lipinski definition) is 0. The second-order valence-corrected chi connectivity index (χ2v) is 6.26. The minimum atomic E-state index is -0.0967. The lowest BCUT2D eigenvalue weighted by molar-refractivity contribution is -0.141. The summed E-state index contributed by atoms with van der Waals surface area (Å²) in [6, 6.07) is 0. The number of carbonyl (C=O) groups excluding carboxylic acids is 2. The number of Topliss-reactive ketones (excluding diaryl/α,β-unsaturated/α-hetero) is 1. The van der Waals surface area contributed by atoms with E-state index in [4.69, 9.17) is 4.74 Å². The van der Waals surface area contributed by atoms with Crippen LogP contribution in [0.2, 0.25) is 0 Å². The average Bonchev–Trinajstić information content (AvgIpc) is 2.90. The van der Waals surface area contributed by atoms with Crippen LogP contribution in [0.5, 0.6) is 0 Å². The Morgan fingerprint density at radius 3 is 2.81 bits per heavy atom. The van der Waals surface area contributed by atoms with Gasteiger partial charge in [-0.3, -0.25) is 9.59 Å². The Morgan fingerprint density at radius 2 is 2.31 bits per heavy atom. The molecule has 0 spiro atoms. The predicted molar refractivity (Wildman–Crippen MR) is 63.4 cm³/mol. The van der Waals surface area contributed by atoms with Gasteiger partial charge >= 0.3 is 5.97 Å². The standard InChI is InChI=1S/C12H18O3S/c1-15-11(14)7-12(4-5-12)8-16-10-3-2-9(13)6-10/h10H,2-8H2,1H3. The number of methoxy groups -OCH3 is 1. The molecule has 90 valence electrons. The summed E-state index contributed by atoms with van der Waals surface area (Å²) in [5, 5.41) is 0.502. The van der Waals surface area contributed by atoms with E-state index in [0.29, 0.717) is 17.5 Å². The highest BCUT2D eigenvalue weighted by Crippen LogP contribution is 2.52. The molecule has 0 radical (unpaired) electrons. The van der Waals surface area contributed by atoms with Crippen LogP contribution < -0.4 is 0 Å². The second kappa shape index (κ2) is 4.78. The number of rotatable bonds is 5. The van der Waals surface area contributed by atoms with Crippen LogP contribution in [0.15, 0.2) is 0 Å². The summed E-state index contributed by atoms with van der Waals surface area (Å²) >= 11 is 1.88. The highest BCUT2D eigenvalue weighted by atomic mass is 32.2. The van der Waals surface area contributed by atoms with Crippen molar-refractivity contribution in [1.29, 1.82) is 0 Å². The molecule has 2 aliphatic carbocycles. The van der Waals surface area contributed by atoms with Crippen LogP contribution >= 0.6 is 11.8 Å². The van der Waals surface area contributed by atoms with Crippen LogP contribution in [0, 0.1) is 5.41 Å². The first-order valence-corrected chi connectivity index (χ1v) is 6.89. The lowest BCUT2D eigenvalue weighted by atomic mass is 10.1. The van der Waals surface area contributed by atoms with E-state index in [1.165, 1.54) is 7.11 Å². The van der Waals surface area contributed by atoms with E-state index in [9.17, 15) is 9.59 Å². The third-order valence-corrected chi connectivity index (χ3v) is 5.18. The monoisotopic (exact) mass is 242 g/mol. The van der Waals surface area contributed by atoms with Gasteiger partial charge in [0.25, 0.3) is 0 Å². The highest BCUT2D eigenvalue weighted by Gasteiger charge is 2.45. The Bertz CT molecular complexity index is 297. The molecular weight excluding hydrogens is 224 g/mol. The average molecular weight is 242 g/mol. The van der Waals surface area contributed by atoms with Gasteiger partial charge in [-0.2, -0.15) is 11.8 Å². The zero-order chi connectivity index (χ0) is 11.6. The van der Waals surface area contributed by atoms with Gasteiger partial charge in [0.1, 0.15) is 5.78 Å². The third kappa shape index (κ3) is 3.00. The molecule has 2 fully saturated rings. The van der Waals surface area contributed by atoms with E-state index in [-0.39, 0.29) is 11.4 Å². The fourth-order valence-corrected chi connectivity index (χ4v) is 3.71. The number of esters is 1. The summed E-state index contributed by atoms with van der Waals surface area (Å²) in [7, 11) is 1.45. The van der Waals surface area contributed by atoms with Crippen molar-refractivity contribution in [3.63, 3.8) is 0 Å². The maximum Gasteiger partial charge on any atom is 0.306 e. The van der Waals surface area contributed by atoms with Crippen molar-refractivity contribution in [2.75, 3.05) is 12.9 Å². The highest BCUT2D eigenvalue weighted by molar-refractivity contribution is 8.00. The summed E-state index contributed by atoms with van der Waals surface area (Å²) in [6.45, 7) is 0. The van der Waals surface area contributed by atoms with Gasteiger partial charge in [0.05, 0.1) is 13.5 Å². The van der Waals surface area contributed by atoms with Crippen LogP contribution in [0.1, 0.15) is 38.5 Å². The Morgan fingerprint density at radius 1 is 1.56 bits per heavy atom. The number of thioether (sulfide) groups is 1. The number of ether oxygens (including phenoxy) is 1. The minimum absolute atomic E-state index is 0.0967. The normalized spacial score (nSPS) is 26.8. The van der Waals surface area contributed by atoms with Crippen LogP contribution in [0.25, 0.3) is 0 Å². The number of carbonyl (C=O) groups is 2. The van der Waals surface area contributed by atoms with Gasteiger partial charge in [0.2, 0.25) is 0 Å². The van der Waals surface area contributed by atoms with E-state index in [1.807, 2.05) is 11.8 Å². The molecule has 0 aromatic heterocycles. The first-order valence-electron chi connectivity index (χ1n) is 5.84. The molecular formula is C12H18O3S. The van der Waals surface area contributed by atoms with Gasteiger partial charge in [0, 0.05) is 18.1 Å². The topological polar surface area (TPSA) is 43.4 Å². The van der Waals surface area contributed by atoms with Crippen molar-refractivity contribution >= 4 is 23.5 Å². The van der Waals surface area contributed by atoms with Crippen molar-refractivity contribution in [3.05, 3.63) is 0 Å². The lowest BCUT2D eigenvalue weighted by Crippen LogP contribution is -2.14. The molecule has 2 saturated carbocycles. The number of hydrogen-bond acceptors (Lipinski definition) is 4. The molecule has 0 heterocycles. The zero-order valence-electron chi connectivity index (χ0n) is 9.66. The summed E-state index contributed by atoms with van der Waals surface area (Å²) in [5.41, 5.74) is 0.198. The molecule has 2 rings (SSSR count). The first-order chi connectivity index (χ1) is 7.63. The molecule has 16 heavy (non-hydrogen) atoms. The fourth-order valence-electron chi connectivity index (χ4n) is 2.14. The Balaban J connectivity index is 1.73. The fraction of sp³-hybridized carbons (Fsp3) is 0.833. The Kier molecular flexibility index (Phi) is 3.57. The van der Waals surface area contributed by atoms with Gasteiger partial charge < -0.3 is 4.74 Å². The molecule has 2 aliphatic rings. The van der Waals surface area contributed by atoms with Crippen LogP contribution in [-0.4, -0.2) is 29.9 Å². The number of ketones is 1. The lowest BCUT2D eigenvalue weighted by Gasteiger charge is -2.15. The van der Waals surface area contributed by atoms with Gasteiger partial charge in [-0.25, -0.2) is 0 Å². The smallest absolute Gasteiger partial charge is 0.306 e. The molecule has 1 unspecified atom stereocenters. The van der Waals surface area contributed by atoms with E-state index >= 15 is 0 Å². The molecule has 0 saturated heterocycles. The predicted octanol–water partition coefficient (Wildman–Crippen LogP) is 2.18. The molecule has 0 aromatic carbocycles. The van der Waals surface area contributed by atoms with Crippen molar-refractivity contribution in [3.8, 4) is 0 Å². The van der Waals surface area contributed by atoms with Gasteiger partial charge in [0.15, 0.2) is 0 Å². The van der Waals surface area contributed by atoms with Crippen molar-refractivity contribution < 1.29 is 14.3 Å². The van der Waals surface area contributed by atoms with Gasteiger partial charge in [-0.15, -0.1) is 0 Å². The Hall–Kier alpha value is -0.510. The van der Waals surface area contributed by atoms with Crippen LogP contribution in [0.4, 0.5) is 0 Å². The first kappa shape index (κ1) is 12.0. The molecule has 4 heteroatoms. The van der Waals surface area contributed by atoms with E-state index in [0.717, 1.165) is 37.9 Å². The van der Waals surface area contributed by atoms with E-state index < -0.39 is 0 Å². The molecule has 0 aromatic rings. The quantitative estimate of drug-likeness (QED) is 0.693. The SMILES string of the molecule is COC(=O)CC1(CSC2CCC(=O)C2)CC1. The van der Waals surface area contributed by atoms with E-state index in [1.54, 1.807) is 0 Å². The van der Waals surface area contributed by atoms with Crippen LogP contribution in [-0.2, 0) is 14.3 Å². The molecule has 0 bridgehead atoms. The van der Waals surface area contributed by atoms with Crippen molar-refractivity contribution in [1.82, 2.24) is 0 Å². The molecule has 3 nitrogen and oxygen atoms in total. The molecule has 0 N–H and O–H groups in total. The Labute approximate surface area is 100 Å². The van der Waals surface area contributed by atoms with Crippen LogP contribution in [0.3, 0.4) is 0 Å². The van der Waals surface area contributed by atoms with Crippen molar-refractivity contribution in [2.45, 2.75) is 43.8 Å². The molecule has 0 aliphatic heterocycles. The molecule has 1 atom stereocenters. The van der Waals surface area contributed by atoms with Gasteiger partial charge in [-0.05, 0) is 30.4 Å². The summed E-state index contributed by atoms with van der Waals surface area (Å²) < 4.78 is 4.71. The second-order valence-electron chi connectivity index (χ2n) is 4.97. The summed E-state index contributed by atoms with van der Waals surface area (Å²) in [4.78, 5) is 22.4. The summed E-state index contributed by atoms with van der Waals surface area (Å²) in [6.07, 6.45) is 5.33. The summed E-state index contributed by atoms with van der Waals surface area (Å²) in [5.74, 6) is 1.32. The van der Waals surface area contributed by atoms with Gasteiger partial charge in [-0.1, -0.05) is 0 Å². The maximum atomic E-state index is 11.2. The molecule has 0 amide bonds. The maximum absolute atomic E-state index is 11.2. The minimum Gasteiger partial charge on any atom is -0.469 e. The largest absolute Gasteiger partial charge is 0.469 e. The van der Waals surface area contributed by atoms with Crippen molar-refractivity contribution in [2.24, 2.45) is 5.41 Å². The zero-order valence-corrected chi connectivity index (χ0v) is 10.5.